The van der Waals surface area contributed by atoms with Gasteiger partial charge in [0.15, 0.2) is 6.61 Å². The lowest BCUT2D eigenvalue weighted by Crippen LogP contribution is -2.45. The van der Waals surface area contributed by atoms with Crippen LogP contribution in [0.3, 0.4) is 0 Å². The second-order valence-electron chi connectivity index (χ2n) is 6.07. The summed E-state index contributed by atoms with van der Waals surface area (Å²) in [4.78, 5) is 38.6. The Morgan fingerprint density at radius 2 is 1.83 bits per heavy atom. The Kier molecular flexibility index (Phi) is 6.71. The van der Waals surface area contributed by atoms with Crippen molar-refractivity contribution in [3.8, 4) is 11.8 Å². The zero-order valence-electron chi connectivity index (χ0n) is 15.4. The number of fused-ring (bicyclic) bond motifs is 1. The standard InChI is InChI=1S/C20H18N4O4S/c21-11-14-5-7-15(8-6-14)28-12-19(26)23-22-18(25)9-10-24-16-3-1-2-4-17(16)29-13-20(24)27/h1-8H,9-10,12-13H2,(H,22,25)(H,23,26). The Hall–Kier alpha value is -3.51. The molecule has 1 aliphatic heterocycles. The molecule has 3 amide bonds. The molecule has 8 nitrogen and oxygen atoms in total. The quantitative estimate of drug-likeness (QED) is 0.700. The first-order valence-corrected chi connectivity index (χ1v) is 9.78. The lowest BCUT2D eigenvalue weighted by Gasteiger charge is -2.28. The number of hydrazine groups is 1. The van der Waals surface area contributed by atoms with Gasteiger partial charge in [0.25, 0.3) is 5.91 Å². The van der Waals surface area contributed by atoms with Crippen LogP contribution in [-0.2, 0) is 14.4 Å². The molecule has 1 heterocycles. The fourth-order valence-electron chi connectivity index (χ4n) is 2.63. The highest BCUT2D eigenvalue weighted by molar-refractivity contribution is 8.00. The summed E-state index contributed by atoms with van der Waals surface area (Å²) in [5, 5.41) is 8.74. The highest BCUT2D eigenvalue weighted by atomic mass is 32.2. The number of carbonyl (C=O) groups is 3. The van der Waals surface area contributed by atoms with Gasteiger partial charge < -0.3 is 9.64 Å². The summed E-state index contributed by atoms with van der Waals surface area (Å²) < 4.78 is 5.28. The van der Waals surface area contributed by atoms with Crippen molar-refractivity contribution < 1.29 is 19.1 Å². The topological polar surface area (TPSA) is 112 Å². The number of rotatable bonds is 6. The van der Waals surface area contributed by atoms with Gasteiger partial charge in [0.2, 0.25) is 11.8 Å². The number of carbonyl (C=O) groups excluding carboxylic acids is 3. The number of benzene rings is 2. The van der Waals surface area contributed by atoms with Gasteiger partial charge in [0, 0.05) is 17.9 Å². The predicted octanol–water partition coefficient (Wildman–Crippen LogP) is 1.61. The molecule has 2 aromatic rings. The zero-order valence-corrected chi connectivity index (χ0v) is 16.2. The molecule has 0 unspecified atom stereocenters. The maximum absolute atomic E-state index is 12.2. The first-order valence-electron chi connectivity index (χ1n) is 8.79. The van der Waals surface area contributed by atoms with Crippen molar-refractivity contribution in [2.24, 2.45) is 0 Å². The third-order valence-electron chi connectivity index (χ3n) is 4.07. The van der Waals surface area contributed by atoms with Crippen LogP contribution in [0.4, 0.5) is 5.69 Å². The van der Waals surface area contributed by atoms with Crippen LogP contribution < -0.4 is 20.5 Å². The molecule has 0 saturated heterocycles. The van der Waals surface area contributed by atoms with E-state index in [2.05, 4.69) is 10.9 Å². The molecule has 0 atom stereocenters. The van der Waals surface area contributed by atoms with Crippen LogP contribution in [0.15, 0.2) is 53.4 Å². The van der Waals surface area contributed by atoms with Crippen LogP contribution in [0.25, 0.3) is 0 Å². The van der Waals surface area contributed by atoms with Crippen LogP contribution in [-0.4, -0.2) is 36.6 Å². The van der Waals surface area contributed by atoms with E-state index in [1.807, 2.05) is 30.3 Å². The van der Waals surface area contributed by atoms with E-state index < -0.39 is 11.8 Å². The summed E-state index contributed by atoms with van der Waals surface area (Å²) in [7, 11) is 0. The molecule has 0 spiro atoms. The molecule has 0 aliphatic carbocycles. The third-order valence-corrected chi connectivity index (χ3v) is 5.11. The summed E-state index contributed by atoms with van der Waals surface area (Å²) in [6, 6.07) is 15.8. The van der Waals surface area contributed by atoms with Gasteiger partial charge in [-0.3, -0.25) is 25.2 Å². The number of amides is 3. The Bertz CT molecular complexity index is 956. The first-order chi connectivity index (χ1) is 14.1. The Morgan fingerprint density at radius 1 is 1.10 bits per heavy atom. The van der Waals surface area contributed by atoms with Gasteiger partial charge in [-0.25, -0.2) is 0 Å². The molecule has 0 bridgehead atoms. The molecule has 0 radical (unpaired) electrons. The molecule has 2 aromatic carbocycles. The van der Waals surface area contributed by atoms with Crippen molar-refractivity contribution in [3.63, 3.8) is 0 Å². The summed E-state index contributed by atoms with van der Waals surface area (Å²) in [6.07, 6.45) is 0.0432. The van der Waals surface area contributed by atoms with E-state index in [1.165, 1.54) is 11.8 Å². The lowest BCUT2D eigenvalue weighted by molar-refractivity contribution is -0.130. The second-order valence-corrected chi connectivity index (χ2v) is 7.09. The second kappa shape index (κ2) is 9.61. The molecule has 0 fully saturated rings. The lowest BCUT2D eigenvalue weighted by atomic mass is 10.2. The van der Waals surface area contributed by atoms with E-state index >= 15 is 0 Å². The van der Waals surface area contributed by atoms with Crippen LogP contribution >= 0.6 is 11.8 Å². The number of nitrogens with zero attached hydrogens (tertiary/aromatic N) is 2. The number of para-hydroxylation sites is 1. The van der Waals surface area contributed by atoms with E-state index in [4.69, 9.17) is 10.00 Å². The summed E-state index contributed by atoms with van der Waals surface area (Å²) in [5.74, 6) is -0.229. The molecule has 1 aliphatic rings. The minimum atomic E-state index is -0.529. The van der Waals surface area contributed by atoms with Crippen LogP contribution in [0.2, 0.25) is 0 Å². The van der Waals surface area contributed by atoms with Gasteiger partial charge in [0.05, 0.1) is 23.1 Å². The molecule has 0 aromatic heterocycles. The van der Waals surface area contributed by atoms with E-state index in [0.29, 0.717) is 17.1 Å². The Balaban J connectivity index is 1.41. The van der Waals surface area contributed by atoms with Crippen molar-refractivity contribution in [2.75, 3.05) is 23.8 Å². The molecule has 148 valence electrons. The number of anilines is 1. The van der Waals surface area contributed by atoms with E-state index in [-0.39, 0.29) is 25.5 Å². The van der Waals surface area contributed by atoms with E-state index in [9.17, 15) is 14.4 Å². The number of hydrogen-bond acceptors (Lipinski definition) is 6. The van der Waals surface area contributed by atoms with Crippen molar-refractivity contribution in [1.82, 2.24) is 10.9 Å². The SMILES string of the molecule is N#Cc1ccc(OCC(=O)NNC(=O)CCN2C(=O)CSc3ccccc32)cc1. The molecular weight excluding hydrogens is 392 g/mol. The van der Waals surface area contributed by atoms with Crippen LogP contribution in [0, 0.1) is 11.3 Å². The van der Waals surface area contributed by atoms with Crippen LogP contribution in [0.5, 0.6) is 5.75 Å². The van der Waals surface area contributed by atoms with Crippen molar-refractivity contribution >= 4 is 35.2 Å². The first kappa shape index (κ1) is 20.2. The maximum Gasteiger partial charge on any atom is 0.276 e. The molecule has 29 heavy (non-hydrogen) atoms. The van der Waals surface area contributed by atoms with Crippen molar-refractivity contribution in [3.05, 3.63) is 54.1 Å². The number of nitrogens with one attached hydrogen (secondary N) is 2. The summed E-state index contributed by atoms with van der Waals surface area (Å²) >= 11 is 1.48. The Labute approximate surface area is 171 Å². The maximum atomic E-state index is 12.2. The molecule has 9 heteroatoms. The summed E-state index contributed by atoms with van der Waals surface area (Å²) in [6.45, 7) is -0.0682. The van der Waals surface area contributed by atoms with Gasteiger partial charge in [-0.15, -0.1) is 11.8 Å². The number of nitriles is 1. The zero-order chi connectivity index (χ0) is 20.6. The molecule has 3 rings (SSSR count). The number of hydrogen-bond donors (Lipinski definition) is 2. The highest BCUT2D eigenvalue weighted by Crippen LogP contribution is 2.34. The highest BCUT2D eigenvalue weighted by Gasteiger charge is 2.24. The number of ether oxygens (including phenoxy) is 1. The third kappa shape index (κ3) is 5.49. The fraction of sp³-hybridized carbons (Fsp3) is 0.200. The monoisotopic (exact) mass is 410 g/mol. The minimum absolute atomic E-state index is 0.0432. The van der Waals surface area contributed by atoms with Crippen LogP contribution in [0.1, 0.15) is 12.0 Å². The van der Waals surface area contributed by atoms with Gasteiger partial charge in [-0.05, 0) is 36.4 Å². The molecule has 2 N–H and O–H groups in total. The predicted molar refractivity (Wildman–Crippen MR) is 107 cm³/mol. The van der Waals surface area contributed by atoms with Gasteiger partial charge >= 0.3 is 0 Å². The number of thioether (sulfide) groups is 1. The van der Waals surface area contributed by atoms with Gasteiger partial charge in [-0.1, -0.05) is 12.1 Å². The fourth-order valence-corrected chi connectivity index (χ4v) is 3.56. The average molecular weight is 410 g/mol. The Morgan fingerprint density at radius 3 is 2.59 bits per heavy atom. The van der Waals surface area contributed by atoms with Crippen molar-refractivity contribution in [2.45, 2.75) is 11.3 Å². The molecule has 0 saturated carbocycles. The van der Waals surface area contributed by atoms with Gasteiger partial charge in [0.1, 0.15) is 5.75 Å². The van der Waals surface area contributed by atoms with Gasteiger partial charge in [-0.2, -0.15) is 5.26 Å². The smallest absolute Gasteiger partial charge is 0.276 e. The normalized spacial score (nSPS) is 12.5. The van der Waals surface area contributed by atoms with E-state index in [0.717, 1.165) is 10.6 Å². The minimum Gasteiger partial charge on any atom is -0.484 e. The van der Waals surface area contributed by atoms with E-state index in [1.54, 1.807) is 29.2 Å². The van der Waals surface area contributed by atoms with Crippen molar-refractivity contribution in [1.29, 1.82) is 5.26 Å². The largest absolute Gasteiger partial charge is 0.484 e. The summed E-state index contributed by atoms with van der Waals surface area (Å²) in [5.41, 5.74) is 5.86. The molecular formula is C20H18N4O4S. The average Bonchev–Trinajstić information content (AvgIpc) is 2.76.